The van der Waals surface area contributed by atoms with Crippen LogP contribution in [0.2, 0.25) is 0 Å². The van der Waals surface area contributed by atoms with Gasteiger partial charge in [0.1, 0.15) is 17.5 Å². The first-order chi connectivity index (χ1) is 9.36. The SMILES string of the molecule is CCNc1cc(NCC(C)(O)CC(C)C)nc(CC)n1. The Morgan fingerprint density at radius 3 is 2.30 bits per heavy atom. The van der Waals surface area contributed by atoms with Crippen LogP contribution in [0.15, 0.2) is 6.07 Å². The van der Waals surface area contributed by atoms with Crippen molar-refractivity contribution in [2.75, 3.05) is 23.7 Å². The molecular weight excluding hydrogens is 252 g/mol. The summed E-state index contributed by atoms with van der Waals surface area (Å²) >= 11 is 0. The summed E-state index contributed by atoms with van der Waals surface area (Å²) < 4.78 is 0. The molecule has 0 saturated heterocycles. The molecule has 20 heavy (non-hydrogen) atoms. The Balaban J connectivity index is 2.73. The number of nitrogens with one attached hydrogen (secondary N) is 2. The van der Waals surface area contributed by atoms with Crippen molar-refractivity contribution < 1.29 is 5.11 Å². The van der Waals surface area contributed by atoms with Gasteiger partial charge in [0.05, 0.1) is 5.60 Å². The molecule has 0 aromatic carbocycles. The van der Waals surface area contributed by atoms with Crippen LogP contribution in [0.3, 0.4) is 0 Å². The molecule has 0 bridgehead atoms. The van der Waals surface area contributed by atoms with Crippen LogP contribution >= 0.6 is 0 Å². The van der Waals surface area contributed by atoms with Gasteiger partial charge < -0.3 is 15.7 Å². The molecule has 3 N–H and O–H groups in total. The van der Waals surface area contributed by atoms with Gasteiger partial charge in [0.2, 0.25) is 0 Å². The standard InChI is InChI=1S/C15H28N4O/c1-6-12-18-13(16-7-2)8-14(19-12)17-10-15(5,20)9-11(3)4/h8,11,20H,6-7,9-10H2,1-5H3,(H2,16,17,18,19). The molecule has 114 valence electrons. The van der Waals surface area contributed by atoms with Gasteiger partial charge in [0, 0.05) is 25.6 Å². The zero-order valence-corrected chi connectivity index (χ0v) is 13.3. The number of hydrogen-bond acceptors (Lipinski definition) is 5. The van der Waals surface area contributed by atoms with Crippen LogP contribution in [0.5, 0.6) is 0 Å². The Labute approximate surface area is 122 Å². The highest BCUT2D eigenvalue weighted by Gasteiger charge is 2.21. The maximum Gasteiger partial charge on any atom is 0.132 e. The first-order valence-electron chi connectivity index (χ1n) is 7.44. The van der Waals surface area contributed by atoms with E-state index in [9.17, 15) is 5.11 Å². The van der Waals surface area contributed by atoms with Gasteiger partial charge in [-0.2, -0.15) is 0 Å². The highest BCUT2D eigenvalue weighted by atomic mass is 16.3. The molecule has 0 radical (unpaired) electrons. The fourth-order valence-electron chi connectivity index (χ4n) is 2.25. The van der Waals surface area contributed by atoms with Gasteiger partial charge in [-0.05, 0) is 26.2 Å². The van der Waals surface area contributed by atoms with Crippen molar-refractivity contribution in [3.8, 4) is 0 Å². The average Bonchev–Trinajstić information content (AvgIpc) is 2.35. The van der Waals surface area contributed by atoms with Crippen molar-refractivity contribution in [2.45, 2.75) is 53.1 Å². The van der Waals surface area contributed by atoms with Gasteiger partial charge in [-0.1, -0.05) is 20.8 Å². The van der Waals surface area contributed by atoms with E-state index in [2.05, 4.69) is 34.4 Å². The molecule has 1 aromatic rings. The quantitative estimate of drug-likeness (QED) is 0.683. The van der Waals surface area contributed by atoms with Crippen LogP contribution in [-0.2, 0) is 6.42 Å². The monoisotopic (exact) mass is 280 g/mol. The fraction of sp³-hybridized carbons (Fsp3) is 0.733. The summed E-state index contributed by atoms with van der Waals surface area (Å²) in [6.45, 7) is 11.4. The number of hydrogen-bond donors (Lipinski definition) is 3. The summed E-state index contributed by atoms with van der Waals surface area (Å²) in [7, 11) is 0. The molecule has 5 nitrogen and oxygen atoms in total. The minimum absolute atomic E-state index is 0.459. The number of nitrogens with zero attached hydrogens (tertiary/aromatic N) is 2. The fourth-order valence-corrected chi connectivity index (χ4v) is 2.25. The van der Waals surface area contributed by atoms with E-state index in [1.54, 1.807) is 0 Å². The second-order valence-corrected chi connectivity index (χ2v) is 5.89. The topological polar surface area (TPSA) is 70.1 Å². The number of aromatic nitrogens is 2. The Kier molecular flexibility index (Phi) is 6.20. The Hall–Kier alpha value is -1.36. The summed E-state index contributed by atoms with van der Waals surface area (Å²) in [4.78, 5) is 8.85. The van der Waals surface area contributed by atoms with Gasteiger partial charge in [0.25, 0.3) is 0 Å². The Bertz CT molecular complexity index is 418. The van der Waals surface area contributed by atoms with E-state index < -0.39 is 5.60 Å². The van der Waals surface area contributed by atoms with Crippen molar-refractivity contribution in [3.05, 3.63) is 11.9 Å². The molecule has 0 aliphatic rings. The molecule has 0 spiro atoms. The minimum atomic E-state index is -0.732. The van der Waals surface area contributed by atoms with Crippen molar-refractivity contribution in [1.82, 2.24) is 9.97 Å². The molecule has 0 saturated carbocycles. The highest BCUT2D eigenvalue weighted by Crippen LogP contribution is 2.18. The van der Waals surface area contributed by atoms with E-state index in [0.717, 1.165) is 36.8 Å². The van der Waals surface area contributed by atoms with E-state index in [1.807, 2.05) is 26.8 Å². The molecule has 0 aliphatic heterocycles. The van der Waals surface area contributed by atoms with Gasteiger partial charge in [-0.25, -0.2) is 9.97 Å². The minimum Gasteiger partial charge on any atom is -0.388 e. The van der Waals surface area contributed by atoms with E-state index in [-0.39, 0.29) is 0 Å². The lowest BCUT2D eigenvalue weighted by Gasteiger charge is -2.26. The summed E-state index contributed by atoms with van der Waals surface area (Å²) in [5.74, 6) is 2.84. The predicted octanol–water partition coefficient (Wildman–Crippen LogP) is 2.68. The van der Waals surface area contributed by atoms with E-state index in [4.69, 9.17) is 0 Å². The molecule has 0 aliphatic carbocycles. The summed E-state index contributed by atoms with van der Waals surface area (Å²) in [5.41, 5.74) is -0.732. The Morgan fingerprint density at radius 1 is 1.20 bits per heavy atom. The van der Waals surface area contributed by atoms with Crippen LogP contribution in [0, 0.1) is 5.92 Å². The lowest BCUT2D eigenvalue weighted by molar-refractivity contribution is 0.0514. The summed E-state index contributed by atoms with van der Waals surface area (Å²) in [5, 5.41) is 16.7. The van der Waals surface area contributed by atoms with Crippen molar-refractivity contribution >= 4 is 11.6 Å². The highest BCUT2D eigenvalue weighted by molar-refractivity contribution is 5.47. The average molecular weight is 280 g/mol. The van der Waals surface area contributed by atoms with Crippen LogP contribution in [0.25, 0.3) is 0 Å². The number of rotatable bonds is 8. The van der Waals surface area contributed by atoms with E-state index in [0.29, 0.717) is 12.5 Å². The number of anilines is 2. The third-order valence-electron chi connectivity index (χ3n) is 2.94. The third kappa shape index (κ3) is 5.74. The molecule has 1 rings (SSSR count). The zero-order chi connectivity index (χ0) is 15.2. The van der Waals surface area contributed by atoms with Gasteiger partial charge >= 0.3 is 0 Å². The largest absolute Gasteiger partial charge is 0.388 e. The van der Waals surface area contributed by atoms with Crippen LogP contribution in [-0.4, -0.2) is 33.8 Å². The van der Waals surface area contributed by atoms with Gasteiger partial charge in [0.15, 0.2) is 0 Å². The lowest BCUT2D eigenvalue weighted by atomic mass is 9.94. The smallest absolute Gasteiger partial charge is 0.132 e. The van der Waals surface area contributed by atoms with Crippen molar-refractivity contribution in [1.29, 1.82) is 0 Å². The van der Waals surface area contributed by atoms with E-state index >= 15 is 0 Å². The second kappa shape index (κ2) is 7.43. The van der Waals surface area contributed by atoms with Gasteiger partial charge in [-0.15, -0.1) is 0 Å². The van der Waals surface area contributed by atoms with Crippen molar-refractivity contribution in [2.24, 2.45) is 5.92 Å². The predicted molar refractivity (Wildman–Crippen MR) is 84.1 cm³/mol. The normalized spacial score (nSPS) is 14.2. The van der Waals surface area contributed by atoms with Gasteiger partial charge in [-0.3, -0.25) is 0 Å². The second-order valence-electron chi connectivity index (χ2n) is 5.89. The Morgan fingerprint density at radius 2 is 1.80 bits per heavy atom. The third-order valence-corrected chi connectivity index (χ3v) is 2.94. The lowest BCUT2D eigenvalue weighted by Crippen LogP contribution is -2.35. The molecule has 5 heteroatoms. The molecule has 0 amide bonds. The molecular formula is C15H28N4O. The first kappa shape index (κ1) is 16.7. The van der Waals surface area contributed by atoms with Crippen molar-refractivity contribution in [3.63, 3.8) is 0 Å². The summed E-state index contributed by atoms with van der Waals surface area (Å²) in [6, 6.07) is 1.88. The van der Waals surface area contributed by atoms with Crippen LogP contribution in [0.1, 0.15) is 46.9 Å². The summed E-state index contributed by atoms with van der Waals surface area (Å²) in [6.07, 6.45) is 1.54. The molecule has 1 unspecified atom stereocenters. The molecule has 0 fully saturated rings. The van der Waals surface area contributed by atoms with Crippen LogP contribution < -0.4 is 10.6 Å². The maximum atomic E-state index is 10.3. The number of aliphatic hydroxyl groups is 1. The number of aryl methyl sites for hydroxylation is 1. The van der Waals surface area contributed by atoms with Crippen LogP contribution in [0.4, 0.5) is 11.6 Å². The maximum absolute atomic E-state index is 10.3. The molecule has 1 heterocycles. The van der Waals surface area contributed by atoms with E-state index in [1.165, 1.54) is 0 Å². The molecule has 1 atom stereocenters. The molecule has 1 aromatic heterocycles. The zero-order valence-electron chi connectivity index (χ0n) is 13.3. The first-order valence-corrected chi connectivity index (χ1v) is 7.44.